The molecule has 2 aromatic heterocycles. The largest absolute Gasteiger partial charge is 0.324 e. The molecule has 0 aliphatic heterocycles. The maximum Gasteiger partial charge on any atom is 0.277 e. The Morgan fingerprint density at radius 1 is 1.14 bits per heavy atom. The van der Waals surface area contributed by atoms with Gasteiger partial charge in [0.1, 0.15) is 17.9 Å². The molecule has 0 bridgehead atoms. The lowest BCUT2D eigenvalue weighted by Crippen LogP contribution is -2.28. The van der Waals surface area contributed by atoms with Crippen LogP contribution in [0.4, 0.5) is 10.1 Å². The summed E-state index contributed by atoms with van der Waals surface area (Å²) in [4.78, 5) is 25.1. The Morgan fingerprint density at radius 3 is 2.62 bits per heavy atom. The van der Waals surface area contributed by atoms with Crippen LogP contribution in [-0.4, -0.2) is 20.1 Å². The lowest BCUT2D eigenvalue weighted by atomic mass is 10.1. The Labute approximate surface area is 170 Å². The molecule has 0 aliphatic carbocycles. The smallest absolute Gasteiger partial charge is 0.277 e. The van der Waals surface area contributed by atoms with E-state index in [4.69, 9.17) is 11.6 Å². The molecule has 146 valence electrons. The minimum atomic E-state index is -0.433. The molecular weight excluding hydrogens is 395 g/mol. The number of anilines is 1. The standard InChI is InChI=1S/C21H16ClFN4O2/c1-13-2-7-16(10-17(13)23)24-20(28)12-26-8-9-27-19(21(26)29)11-18(25-27)14-3-5-15(22)6-4-14/h2-11H,12H2,1H3,(H,24,28). The summed E-state index contributed by atoms with van der Waals surface area (Å²) in [6.45, 7) is 1.44. The van der Waals surface area contributed by atoms with Gasteiger partial charge in [-0.3, -0.25) is 9.59 Å². The maximum atomic E-state index is 13.6. The van der Waals surface area contributed by atoms with Crippen LogP contribution in [0.3, 0.4) is 0 Å². The number of aryl methyl sites for hydroxylation is 1. The van der Waals surface area contributed by atoms with E-state index in [0.29, 0.717) is 27.5 Å². The van der Waals surface area contributed by atoms with Crippen molar-refractivity contribution in [1.29, 1.82) is 0 Å². The van der Waals surface area contributed by atoms with Gasteiger partial charge in [-0.25, -0.2) is 8.91 Å². The van der Waals surface area contributed by atoms with Crippen LogP contribution < -0.4 is 10.9 Å². The number of nitrogens with zero attached hydrogens (tertiary/aromatic N) is 3. The first-order valence-corrected chi connectivity index (χ1v) is 9.19. The van der Waals surface area contributed by atoms with Crippen LogP contribution in [0.1, 0.15) is 5.56 Å². The van der Waals surface area contributed by atoms with Gasteiger partial charge in [0.25, 0.3) is 5.56 Å². The Bertz CT molecular complexity index is 1280. The van der Waals surface area contributed by atoms with Gasteiger partial charge in [0.15, 0.2) is 0 Å². The molecule has 2 heterocycles. The van der Waals surface area contributed by atoms with Gasteiger partial charge in [-0.2, -0.15) is 5.10 Å². The topological polar surface area (TPSA) is 68.4 Å². The molecule has 0 fully saturated rings. The van der Waals surface area contributed by atoms with Gasteiger partial charge in [-0.15, -0.1) is 0 Å². The van der Waals surface area contributed by atoms with E-state index in [1.807, 2.05) is 12.1 Å². The molecule has 0 aliphatic rings. The van der Waals surface area contributed by atoms with Gasteiger partial charge < -0.3 is 9.88 Å². The highest BCUT2D eigenvalue weighted by Gasteiger charge is 2.12. The minimum absolute atomic E-state index is 0.202. The molecule has 1 amide bonds. The van der Waals surface area contributed by atoms with E-state index in [9.17, 15) is 14.0 Å². The summed E-state index contributed by atoms with van der Waals surface area (Å²) in [6.07, 6.45) is 3.10. The number of fused-ring (bicyclic) bond motifs is 1. The number of amides is 1. The first kappa shape index (κ1) is 18.9. The lowest BCUT2D eigenvalue weighted by Gasteiger charge is -2.08. The summed E-state index contributed by atoms with van der Waals surface area (Å²) >= 11 is 5.91. The number of carbonyl (C=O) groups is 1. The zero-order valence-corrected chi connectivity index (χ0v) is 16.2. The average molecular weight is 411 g/mol. The van der Waals surface area contributed by atoms with Gasteiger partial charge in [-0.05, 0) is 42.8 Å². The number of nitrogens with one attached hydrogen (secondary N) is 1. The molecular formula is C21H16ClFN4O2. The van der Waals surface area contributed by atoms with Crippen molar-refractivity contribution in [1.82, 2.24) is 14.2 Å². The predicted octanol–water partition coefficient (Wildman–Crippen LogP) is 3.90. The van der Waals surface area contributed by atoms with Gasteiger partial charge in [0, 0.05) is 28.7 Å². The monoisotopic (exact) mass is 410 g/mol. The molecule has 0 atom stereocenters. The van der Waals surface area contributed by atoms with Gasteiger partial charge >= 0.3 is 0 Å². The van der Waals surface area contributed by atoms with Crippen molar-refractivity contribution in [3.05, 3.63) is 87.7 Å². The summed E-state index contributed by atoms with van der Waals surface area (Å²) in [7, 11) is 0. The Kier molecular flexibility index (Phi) is 4.90. The third-order valence-corrected chi connectivity index (χ3v) is 4.77. The van der Waals surface area contributed by atoms with Crippen LogP contribution in [0, 0.1) is 12.7 Å². The van der Waals surface area contributed by atoms with Crippen LogP contribution in [0.5, 0.6) is 0 Å². The fourth-order valence-electron chi connectivity index (χ4n) is 2.94. The fraction of sp³-hybridized carbons (Fsp3) is 0.0952. The van der Waals surface area contributed by atoms with Crippen LogP contribution in [0.15, 0.2) is 65.7 Å². The highest BCUT2D eigenvalue weighted by Crippen LogP contribution is 2.20. The van der Waals surface area contributed by atoms with Crippen molar-refractivity contribution in [3.8, 4) is 11.3 Å². The number of benzene rings is 2. The Hall–Kier alpha value is -3.45. The van der Waals surface area contributed by atoms with E-state index in [1.165, 1.54) is 21.3 Å². The predicted molar refractivity (Wildman–Crippen MR) is 110 cm³/mol. The summed E-state index contributed by atoms with van der Waals surface area (Å²) < 4.78 is 16.4. The number of carbonyl (C=O) groups excluding carboxylic acids is 1. The van der Waals surface area contributed by atoms with Crippen molar-refractivity contribution >= 4 is 28.7 Å². The van der Waals surface area contributed by atoms with E-state index in [0.717, 1.165) is 5.56 Å². The average Bonchev–Trinajstić information content (AvgIpc) is 3.13. The second-order valence-electron chi connectivity index (χ2n) is 6.61. The molecule has 0 radical (unpaired) electrons. The lowest BCUT2D eigenvalue weighted by molar-refractivity contribution is -0.116. The van der Waals surface area contributed by atoms with Crippen molar-refractivity contribution in [2.45, 2.75) is 13.5 Å². The number of aromatic nitrogens is 3. The minimum Gasteiger partial charge on any atom is -0.324 e. The third kappa shape index (κ3) is 3.90. The van der Waals surface area contributed by atoms with Crippen LogP contribution >= 0.6 is 11.6 Å². The molecule has 4 rings (SSSR count). The zero-order valence-electron chi connectivity index (χ0n) is 15.4. The van der Waals surface area contributed by atoms with Crippen molar-refractivity contribution in [2.24, 2.45) is 0 Å². The molecule has 29 heavy (non-hydrogen) atoms. The molecule has 4 aromatic rings. The quantitative estimate of drug-likeness (QED) is 0.554. The van der Waals surface area contributed by atoms with E-state index >= 15 is 0 Å². The van der Waals surface area contributed by atoms with Crippen LogP contribution in [-0.2, 0) is 11.3 Å². The van der Waals surface area contributed by atoms with Gasteiger partial charge in [0.2, 0.25) is 5.91 Å². The van der Waals surface area contributed by atoms with Crippen LogP contribution in [0.25, 0.3) is 16.8 Å². The fourth-order valence-corrected chi connectivity index (χ4v) is 3.06. The Morgan fingerprint density at radius 2 is 1.90 bits per heavy atom. The highest BCUT2D eigenvalue weighted by atomic mass is 35.5. The van der Waals surface area contributed by atoms with Crippen LogP contribution in [0.2, 0.25) is 5.02 Å². The van der Waals surface area contributed by atoms with Crippen molar-refractivity contribution < 1.29 is 9.18 Å². The molecule has 0 spiro atoms. The first-order chi connectivity index (χ1) is 13.9. The van der Waals surface area contributed by atoms with Crippen molar-refractivity contribution in [2.75, 3.05) is 5.32 Å². The second-order valence-corrected chi connectivity index (χ2v) is 7.05. The highest BCUT2D eigenvalue weighted by molar-refractivity contribution is 6.30. The summed E-state index contributed by atoms with van der Waals surface area (Å²) in [5.74, 6) is -0.840. The number of rotatable bonds is 4. The van der Waals surface area contributed by atoms with Crippen molar-refractivity contribution in [3.63, 3.8) is 0 Å². The number of hydrogen-bond acceptors (Lipinski definition) is 3. The van der Waals surface area contributed by atoms with E-state index in [1.54, 1.807) is 43.5 Å². The Balaban J connectivity index is 1.58. The SMILES string of the molecule is Cc1ccc(NC(=O)Cn2ccn3nc(-c4ccc(Cl)cc4)cc3c2=O)cc1F. The maximum absolute atomic E-state index is 13.6. The summed E-state index contributed by atoms with van der Waals surface area (Å²) in [5, 5.41) is 7.60. The summed E-state index contributed by atoms with van der Waals surface area (Å²) in [5.41, 5.74) is 2.25. The molecule has 2 aromatic carbocycles. The first-order valence-electron chi connectivity index (χ1n) is 8.81. The number of hydrogen-bond donors (Lipinski definition) is 1. The number of halogens is 2. The second kappa shape index (κ2) is 7.52. The third-order valence-electron chi connectivity index (χ3n) is 4.51. The molecule has 1 N–H and O–H groups in total. The van der Waals surface area contributed by atoms with E-state index in [-0.39, 0.29) is 12.1 Å². The van der Waals surface area contributed by atoms with Gasteiger partial charge in [0.05, 0.1) is 5.69 Å². The molecule has 0 saturated heterocycles. The molecule has 8 heteroatoms. The molecule has 6 nitrogen and oxygen atoms in total. The summed E-state index contributed by atoms with van der Waals surface area (Å²) in [6, 6.07) is 13.2. The van der Waals surface area contributed by atoms with E-state index < -0.39 is 11.7 Å². The molecule has 0 unspecified atom stereocenters. The molecule has 0 saturated carbocycles. The zero-order chi connectivity index (χ0) is 20.5. The van der Waals surface area contributed by atoms with E-state index in [2.05, 4.69) is 10.4 Å². The normalized spacial score (nSPS) is 11.0. The van der Waals surface area contributed by atoms with Gasteiger partial charge in [-0.1, -0.05) is 29.8 Å².